The minimum Gasteiger partial charge on any atom is -0.382 e. The molecule has 5 heteroatoms. The molecule has 0 aliphatic carbocycles. The van der Waals surface area contributed by atoms with Gasteiger partial charge < -0.3 is 19.4 Å². The van der Waals surface area contributed by atoms with Crippen molar-refractivity contribution in [3.63, 3.8) is 0 Å². The number of hydrogen-bond donors (Lipinski definition) is 1. The first-order valence-electron chi connectivity index (χ1n) is 7.14. The van der Waals surface area contributed by atoms with Crippen molar-refractivity contribution in [1.29, 1.82) is 0 Å². The summed E-state index contributed by atoms with van der Waals surface area (Å²) in [4.78, 5) is 4.49. The molecule has 0 aliphatic rings. The molecule has 0 aromatic carbocycles. The summed E-state index contributed by atoms with van der Waals surface area (Å²) in [6.45, 7) is 8.27. The molecular formula is C14H27N3O2. The van der Waals surface area contributed by atoms with Crippen LogP contribution in [0.4, 0.5) is 0 Å². The highest BCUT2D eigenvalue weighted by molar-refractivity contribution is 4.99. The Morgan fingerprint density at radius 3 is 2.84 bits per heavy atom. The van der Waals surface area contributed by atoms with Crippen LogP contribution < -0.4 is 5.32 Å². The normalized spacial score (nSPS) is 12.8. The van der Waals surface area contributed by atoms with Gasteiger partial charge in [0.25, 0.3) is 0 Å². The summed E-state index contributed by atoms with van der Waals surface area (Å²) in [5, 5.41) is 3.48. The summed E-state index contributed by atoms with van der Waals surface area (Å²) in [6, 6.07) is 0.258. The molecule has 0 bridgehead atoms. The molecule has 0 radical (unpaired) electrons. The van der Waals surface area contributed by atoms with E-state index in [4.69, 9.17) is 9.47 Å². The van der Waals surface area contributed by atoms with Gasteiger partial charge in [0.2, 0.25) is 0 Å². The minimum atomic E-state index is 0.258. The largest absolute Gasteiger partial charge is 0.382 e. The van der Waals surface area contributed by atoms with Crippen LogP contribution in [0.25, 0.3) is 0 Å². The molecule has 1 heterocycles. The van der Waals surface area contributed by atoms with Crippen LogP contribution in [0.3, 0.4) is 0 Å². The van der Waals surface area contributed by atoms with Gasteiger partial charge in [-0.05, 0) is 19.4 Å². The fraction of sp³-hybridized carbons (Fsp3) is 0.786. The lowest BCUT2D eigenvalue weighted by Crippen LogP contribution is -2.26. The van der Waals surface area contributed by atoms with Gasteiger partial charge in [-0.15, -0.1) is 0 Å². The molecule has 5 nitrogen and oxygen atoms in total. The van der Waals surface area contributed by atoms with E-state index in [0.29, 0.717) is 13.2 Å². The minimum absolute atomic E-state index is 0.258. The highest BCUT2D eigenvalue weighted by Crippen LogP contribution is 2.15. The van der Waals surface area contributed by atoms with Crippen LogP contribution in [0.2, 0.25) is 0 Å². The molecule has 19 heavy (non-hydrogen) atoms. The first-order valence-corrected chi connectivity index (χ1v) is 7.14. The number of nitrogens with one attached hydrogen (secondary N) is 1. The van der Waals surface area contributed by atoms with Crippen LogP contribution in [0.1, 0.15) is 38.6 Å². The lowest BCUT2D eigenvalue weighted by atomic mass is 10.2. The smallest absolute Gasteiger partial charge is 0.125 e. The van der Waals surface area contributed by atoms with Gasteiger partial charge in [-0.2, -0.15) is 0 Å². The number of methoxy groups -OCH3 is 1. The van der Waals surface area contributed by atoms with Gasteiger partial charge in [-0.3, -0.25) is 0 Å². The third-order valence-electron chi connectivity index (χ3n) is 2.96. The number of nitrogens with zero attached hydrogens (tertiary/aromatic N) is 2. The van der Waals surface area contributed by atoms with E-state index in [9.17, 15) is 0 Å². The van der Waals surface area contributed by atoms with Gasteiger partial charge in [0.05, 0.1) is 19.3 Å². The molecule has 0 saturated heterocycles. The van der Waals surface area contributed by atoms with Crippen LogP contribution in [-0.2, 0) is 16.0 Å². The number of ether oxygens (including phenoxy) is 2. The average Bonchev–Trinajstić information content (AvgIpc) is 2.86. The topological polar surface area (TPSA) is 48.3 Å². The second-order valence-electron chi connectivity index (χ2n) is 4.48. The van der Waals surface area contributed by atoms with Gasteiger partial charge in [-0.1, -0.05) is 13.8 Å². The lowest BCUT2D eigenvalue weighted by molar-refractivity contribution is 0.0653. The molecule has 0 spiro atoms. The number of rotatable bonds is 11. The third kappa shape index (κ3) is 5.72. The quantitative estimate of drug-likeness (QED) is 0.624. The van der Waals surface area contributed by atoms with Crippen LogP contribution >= 0.6 is 0 Å². The van der Waals surface area contributed by atoms with Gasteiger partial charge >= 0.3 is 0 Å². The first-order chi connectivity index (χ1) is 9.33. The highest BCUT2D eigenvalue weighted by Gasteiger charge is 2.15. The highest BCUT2D eigenvalue weighted by atomic mass is 16.5. The van der Waals surface area contributed by atoms with Crippen molar-refractivity contribution in [2.45, 2.75) is 39.3 Å². The van der Waals surface area contributed by atoms with E-state index in [1.165, 1.54) is 0 Å². The zero-order valence-corrected chi connectivity index (χ0v) is 12.4. The average molecular weight is 269 g/mol. The van der Waals surface area contributed by atoms with Crippen LogP contribution in [0, 0.1) is 0 Å². The molecule has 1 aromatic heterocycles. The van der Waals surface area contributed by atoms with Gasteiger partial charge in [0, 0.05) is 32.7 Å². The molecule has 110 valence electrons. The van der Waals surface area contributed by atoms with E-state index in [1.807, 2.05) is 6.20 Å². The molecule has 0 saturated carbocycles. The number of aryl methyl sites for hydroxylation is 1. The summed E-state index contributed by atoms with van der Waals surface area (Å²) in [7, 11) is 1.69. The zero-order valence-electron chi connectivity index (χ0n) is 12.4. The van der Waals surface area contributed by atoms with E-state index >= 15 is 0 Å². The standard InChI is InChI=1S/C14H27N3O2/c1-4-8-17-9-7-16-14(17)13(15-5-2)6-10-19-12-11-18-3/h7,9,13,15H,4-6,8,10-12H2,1-3H3. The molecule has 1 unspecified atom stereocenters. The first kappa shape index (κ1) is 16.1. The second kappa shape index (κ2) is 9.95. The zero-order chi connectivity index (χ0) is 13.9. The van der Waals surface area contributed by atoms with Crippen LogP contribution in [0.15, 0.2) is 12.4 Å². The fourth-order valence-corrected chi connectivity index (χ4v) is 2.08. The Kier molecular flexibility index (Phi) is 8.45. The molecular weight excluding hydrogens is 242 g/mol. The second-order valence-corrected chi connectivity index (χ2v) is 4.48. The van der Waals surface area contributed by atoms with E-state index in [0.717, 1.165) is 38.4 Å². The maximum absolute atomic E-state index is 5.55. The predicted molar refractivity (Wildman–Crippen MR) is 76.2 cm³/mol. The number of hydrogen-bond acceptors (Lipinski definition) is 4. The summed E-state index contributed by atoms with van der Waals surface area (Å²) in [6.07, 6.45) is 5.97. The van der Waals surface area contributed by atoms with Crippen LogP contribution in [-0.4, -0.2) is 43.0 Å². The Morgan fingerprint density at radius 2 is 2.16 bits per heavy atom. The maximum Gasteiger partial charge on any atom is 0.125 e. The lowest BCUT2D eigenvalue weighted by Gasteiger charge is -2.19. The van der Waals surface area contributed by atoms with Crippen LogP contribution in [0.5, 0.6) is 0 Å². The summed E-state index contributed by atoms with van der Waals surface area (Å²) in [5.74, 6) is 1.11. The SMILES string of the molecule is CCCn1ccnc1C(CCOCCOC)NCC. The fourth-order valence-electron chi connectivity index (χ4n) is 2.08. The van der Waals surface area contributed by atoms with E-state index < -0.39 is 0 Å². The molecule has 0 amide bonds. The van der Waals surface area contributed by atoms with Crippen molar-refractivity contribution < 1.29 is 9.47 Å². The molecule has 1 N–H and O–H groups in total. The van der Waals surface area contributed by atoms with E-state index in [-0.39, 0.29) is 6.04 Å². The van der Waals surface area contributed by atoms with Crippen molar-refractivity contribution in [3.05, 3.63) is 18.2 Å². The van der Waals surface area contributed by atoms with Crippen molar-refractivity contribution in [1.82, 2.24) is 14.9 Å². The summed E-state index contributed by atoms with van der Waals surface area (Å²) in [5.41, 5.74) is 0. The monoisotopic (exact) mass is 269 g/mol. The molecule has 0 fully saturated rings. The Labute approximate surface area is 116 Å². The maximum atomic E-state index is 5.55. The van der Waals surface area contributed by atoms with Crippen molar-refractivity contribution in [3.8, 4) is 0 Å². The van der Waals surface area contributed by atoms with E-state index in [1.54, 1.807) is 7.11 Å². The Hall–Kier alpha value is -0.910. The Morgan fingerprint density at radius 1 is 1.32 bits per heavy atom. The van der Waals surface area contributed by atoms with Gasteiger partial charge in [-0.25, -0.2) is 4.98 Å². The molecule has 1 atom stereocenters. The van der Waals surface area contributed by atoms with Gasteiger partial charge in [0.1, 0.15) is 5.82 Å². The Balaban J connectivity index is 2.48. The Bertz CT molecular complexity index is 328. The molecule has 1 rings (SSSR count). The van der Waals surface area contributed by atoms with Crippen molar-refractivity contribution >= 4 is 0 Å². The van der Waals surface area contributed by atoms with Crippen molar-refractivity contribution in [2.75, 3.05) is 33.5 Å². The number of imidazole rings is 1. The van der Waals surface area contributed by atoms with Crippen molar-refractivity contribution in [2.24, 2.45) is 0 Å². The number of aromatic nitrogens is 2. The van der Waals surface area contributed by atoms with Gasteiger partial charge in [0.15, 0.2) is 0 Å². The predicted octanol–water partition coefficient (Wildman–Crippen LogP) is 2.00. The third-order valence-corrected chi connectivity index (χ3v) is 2.96. The summed E-state index contributed by atoms with van der Waals surface area (Å²) >= 11 is 0. The van der Waals surface area contributed by atoms with E-state index in [2.05, 4.69) is 34.9 Å². The molecule has 0 aliphatic heterocycles. The summed E-state index contributed by atoms with van der Waals surface area (Å²) < 4.78 is 12.7. The molecule has 1 aromatic rings.